The van der Waals surface area contributed by atoms with Gasteiger partial charge in [-0.2, -0.15) is 14.0 Å². The fourth-order valence-electron chi connectivity index (χ4n) is 3.23. The molecule has 0 bridgehead atoms. The Balaban J connectivity index is 1.87. The van der Waals surface area contributed by atoms with E-state index in [0.29, 0.717) is 15.0 Å². The number of halogens is 3. The van der Waals surface area contributed by atoms with Crippen molar-refractivity contribution < 1.29 is 31.5 Å². The zero-order valence-corrected chi connectivity index (χ0v) is 20.5. The molecule has 3 aromatic rings. The van der Waals surface area contributed by atoms with Crippen molar-refractivity contribution in [3.63, 3.8) is 0 Å². The summed E-state index contributed by atoms with van der Waals surface area (Å²) in [6, 6.07) is 10.6. The lowest BCUT2D eigenvalue weighted by Gasteiger charge is -2.20. The SMILES string of the molecule is CN(C#N)C(=O)[C@H](CS(=O)(=O)Cc1ccccc1OC(F)F)NC(=O)c1sc2ccccc2c1Cl. The second kappa shape index (κ2) is 11.0. The summed E-state index contributed by atoms with van der Waals surface area (Å²) < 4.78 is 56.3. The van der Waals surface area contributed by atoms with Crippen molar-refractivity contribution in [2.75, 3.05) is 12.8 Å². The molecule has 0 aliphatic carbocycles. The number of nitriles is 1. The van der Waals surface area contributed by atoms with Crippen molar-refractivity contribution in [2.24, 2.45) is 0 Å². The van der Waals surface area contributed by atoms with Crippen LogP contribution in [0.4, 0.5) is 8.78 Å². The molecule has 0 spiro atoms. The summed E-state index contributed by atoms with van der Waals surface area (Å²) in [5.74, 6) is -3.73. The summed E-state index contributed by atoms with van der Waals surface area (Å²) in [7, 11) is -3.05. The van der Waals surface area contributed by atoms with Gasteiger partial charge < -0.3 is 10.1 Å². The number of hydrogen-bond acceptors (Lipinski definition) is 7. The fraction of sp³-hybridized carbons (Fsp3) is 0.227. The summed E-state index contributed by atoms with van der Waals surface area (Å²) in [5.41, 5.74) is -0.0495. The van der Waals surface area contributed by atoms with E-state index in [-0.39, 0.29) is 21.2 Å². The van der Waals surface area contributed by atoms with E-state index < -0.39 is 45.8 Å². The Labute approximate surface area is 208 Å². The molecule has 2 amide bonds. The molecule has 0 saturated heterocycles. The first kappa shape index (κ1) is 26.3. The number of amides is 2. The number of ether oxygens (including phenoxy) is 1. The molecule has 1 heterocycles. The lowest BCUT2D eigenvalue weighted by molar-refractivity contribution is -0.128. The van der Waals surface area contributed by atoms with Crippen molar-refractivity contribution in [1.82, 2.24) is 10.2 Å². The van der Waals surface area contributed by atoms with Gasteiger partial charge in [-0.1, -0.05) is 48.0 Å². The normalized spacial score (nSPS) is 12.2. The van der Waals surface area contributed by atoms with Crippen LogP contribution in [-0.4, -0.2) is 50.6 Å². The van der Waals surface area contributed by atoms with Gasteiger partial charge in [0, 0.05) is 22.7 Å². The van der Waals surface area contributed by atoms with Gasteiger partial charge in [0.15, 0.2) is 16.0 Å². The Morgan fingerprint density at radius 2 is 1.86 bits per heavy atom. The van der Waals surface area contributed by atoms with Gasteiger partial charge in [0.2, 0.25) is 0 Å². The number of nitrogens with zero attached hydrogens (tertiary/aromatic N) is 2. The van der Waals surface area contributed by atoms with Gasteiger partial charge >= 0.3 is 6.61 Å². The van der Waals surface area contributed by atoms with Gasteiger partial charge in [0.05, 0.1) is 16.5 Å². The Morgan fingerprint density at radius 1 is 1.20 bits per heavy atom. The molecule has 184 valence electrons. The van der Waals surface area contributed by atoms with Crippen LogP contribution in [0.25, 0.3) is 10.1 Å². The Morgan fingerprint density at radius 3 is 2.51 bits per heavy atom. The summed E-state index contributed by atoms with van der Waals surface area (Å²) in [6.45, 7) is -3.16. The maximum absolute atomic E-state index is 12.9. The van der Waals surface area contributed by atoms with Gasteiger partial charge in [-0.25, -0.2) is 8.42 Å². The molecule has 0 aliphatic rings. The molecule has 13 heteroatoms. The number of alkyl halides is 2. The lowest BCUT2D eigenvalue weighted by atomic mass is 10.2. The average molecular weight is 542 g/mol. The van der Waals surface area contributed by atoms with E-state index in [0.717, 1.165) is 18.4 Å². The van der Waals surface area contributed by atoms with Crippen LogP contribution < -0.4 is 10.1 Å². The molecule has 0 radical (unpaired) electrons. The average Bonchev–Trinajstić information content (AvgIpc) is 3.15. The van der Waals surface area contributed by atoms with Gasteiger partial charge in [-0.05, 0) is 12.1 Å². The van der Waals surface area contributed by atoms with E-state index in [1.54, 1.807) is 30.5 Å². The zero-order chi connectivity index (χ0) is 25.8. The summed E-state index contributed by atoms with van der Waals surface area (Å²) in [6.07, 6.45) is 1.57. The van der Waals surface area contributed by atoms with E-state index in [2.05, 4.69) is 10.1 Å². The van der Waals surface area contributed by atoms with Crippen LogP contribution in [0.15, 0.2) is 48.5 Å². The minimum Gasteiger partial charge on any atom is -0.435 e. The molecule has 1 atom stereocenters. The highest BCUT2D eigenvalue weighted by Gasteiger charge is 2.32. The molecule has 0 aliphatic heterocycles. The van der Waals surface area contributed by atoms with E-state index >= 15 is 0 Å². The molecular formula is C22H18ClF2N3O5S2. The smallest absolute Gasteiger partial charge is 0.387 e. The number of carbonyl (C=O) groups is 2. The molecule has 0 saturated carbocycles. The summed E-state index contributed by atoms with van der Waals surface area (Å²) in [5, 5.41) is 12.2. The van der Waals surface area contributed by atoms with E-state index in [1.165, 1.54) is 24.3 Å². The summed E-state index contributed by atoms with van der Waals surface area (Å²) >= 11 is 7.37. The molecule has 0 fully saturated rings. The lowest BCUT2D eigenvalue weighted by Crippen LogP contribution is -2.49. The number of likely N-dealkylation sites (N-methyl/N-ethyl adjacent to an activating group) is 1. The van der Waals surface area contributed by atoms with Crippen LogP contribution in [0.1, 0.15) is 15.2 Å². The van der Waals surface area contributed by atoms with Crippen molar-refractivity contribution >= 4 is 54.7 Å². The van der Waals surface area contributed by atoms with Gasteiger partial charge in [-0.3, -0.25) is 14.5 Å². The number of para-hydroxylation sites is 1. The highest BCUT2D eigenvalue weighted by atomic mass is 35.5. The maximum Gasteiger partial charge on any atom is 0.387 e. The third kappa shape index (κ3) is 6.45. The third-order valence-corrected chi connectivity index (χ3v) is 8.08. The third-order valence-electron chi connectivity index (χ3n) is 4.81. The van der Waals surface area contributed by atoms with Crippen LogP contribution in [0, 0.1) is 11.5 Å². The van der Waals surface area contributed by atoms with Crippen LogP contribution in [0.5, 0.6) is 5.75 Å². The monoisotopic (exact) mass is 541 g/mol. The first-order valence-corrected chi connectivity index (χ1v) is 12.9. The number of rotatable bonds is 9. The largest absolute Gasteiger partial charge is 0.435 e. The van der Waals surface area contributed by atoms with Gasteiger partial charge in [0.1, 0.15) is 16.7 Å². The van der Waals surface area contributed by atoms with Crippen LogP contribution in [0.2, 0.25) is 5.02 Å². The van der Waals surface area contributed by atoms with E-state index in [9.17, 15) is 26.8 Å². The molecular weight excluding hydrogens is 524 g/mol. The maximum atomic E-state index is 12.9. The molecule has 0 unspecified atom stereocenters. The quantitative estimate of drug-likeness (QED) is 0.325. The first-order chi connectivity index (χ1) is 16.5. The standard InChI is InChI=1S/C22H18ClF2N3O5S2/c1-28(12-26)21(30)15(27-20(29)19-18(23)14-7-3-5-9-17(14)34-19)11-35(31,32)10-13-6-2-4-8-16(13)33-22(24)25/h2-9,15,22H,10-11H2,1H3,(H,27,29)/t15-/m0/s1. The molecule has 1 aromatic heterocycles. The van der Waals surface area contributed by atoms with Crippen molar-refractivity contribution in [3.8, 4) is 11.9 Å². The van der Waals surface area contributed by atoms with Gasteiger partial charge in [0.25, 0.3) is 11.8 Å². The van der Waals surface area contributed by atoms with Crippen LogP contribution in [-0.2, 0) is 20.4 Å². The van der Waals surface area contributed by atoms with Gasteiger partial charge in [-0.15, -0.1) is 11.3 Å². The number of carbonyl (C=O) groups excluding carboxylic acids is 2. The number of hydrogen-bond donors (Lipinski definition) is 1. The highest BCUT2D eigenvalue weighted by molar-refractivity contribution is 7.90. The first-order valence-electron chi connectivity index (χ1n) is 9.90. The second-order valence-electron chi connectivity index (χ2n) is 7.31. The topological polar surface area (TPSA) is 117 Å². The fourth-order valence-corrected chi connectivity index (χ4v) is 6.21. The number of fused-ring (bicyclic) bond motifs is 1. The Hall–Kier alpha value is -3.27. The van der Waals surface area contributed by atoms with E-state index in [1.807, 2.05) is 0 Å². The molecule has 8 nitrogen and oxygen atoms in total. The van der Waals surface area contributed by atoms with Crippen molar-refractivity contribution in [2.45, 2.75) is 18.4 Å². The Kier molecular flexibility index (Phi) is 8.26. The summed E-state index contributed by atoms with van der Waals surface area (Å²) in [4.78, 5) is 26.3. The van der Waals surface area contributed by atoms with E-state index in [4.69, 9.17) is 16.9 Å². The zero-order valence-electron chi connectivity index (χ0n) is 18.1. The minimum absolute atomic E-state index is 0.0495. The number of sulfone groups is 1. The number of thiophene rings is 1. The van der Waals surface area contributed by atoms with Crippen molar-refractivity contribution in [3.05, 3.63) is 64.0 Å². The Bertz CT molecular complexity index is 1410. The molecule has 2 aromatic carbocycles. The molecule has 3 rings (SSSR count). The minimum atomic E-state index is -4.17. The predicted molar refractivity (Wildman–Crippen MR) is 127 cm³/mol. The second-order valence-corrected chi connectivity index (χ2v) is 10.8. The van der Waals surface area contributed by atoms with Crippen molar-refractivity contribution in [1.29, 1.82) is 5.26 Å². The van der Waals surface area contributed by atoms with Crippen LogP contribution in [0.3, 0.4) is 0 Å². The predicted octanol–water partition coefficient (Wildman–Crippen LogP) is 3.81. The molecule has 35 heavy (non-hydrogen) atoms. The number of nitrogens with one attached hydrogen (secondary N) is 1. The number of benzene rings is 2. The van der Waals surface area contributed by atoms with Crippen LogP contribution >= 0.6 is 22.9 Å². The highest BCUT2D eigenvalue weighted by Crippen LogP contribution is 2.35. The molecule has 1 N–H and O–H groups in total.